The van der Waals surface area contributed by atoms with Gasteiger partial charge < -0.3 is 5.32 Å². The van der Waals surface area contributed by atoms with Crippen LogP contribution in [0.3, 0.4) is 0 Å². The van der Waals surface area contributed by atoms with Crippen molar-refractivity contribution in [3.8, 4) is 5.69 Å². The van der Waals surface area contributed by atoms with E-state index in [2.05, 4.69) is 30.2 Å². The molecular weight excluding hydrogens is 246 g/mol. The van der Waals surface area contributed by atoms with Crippen LogP contribution in [-0.2, 0) is 0 Å². The number of rotatable bonds is 5. The molecular formula is C14H18ClN3. The number of imidazole rings is 1. The zero-order valence-corrected chi connectivity index (χ0v) is 11.5. The quantitative estimate of drug-likeness (QED) is 0.825. The molecule has 2 rings (SSSR count). The third-order valence-electron chi connectivity index (χ3n) is 2.82. The molecule has 3 nitrogen and oxygen atoms in total. The third-order valence-corrected chi connectivity index (χ3v) is 3.13. The summed E-state index contributed by atoms with van der Waals surface area (Å²) in [6.07, 6.45) is 6.01. The Labute approximate surface area is 113 Å². The lowest BCUT2D eigenvalue weighted by Gasteiger charge is -2.11. The molecule has 0 atom stereocenters. The lowest BCUT2D eigenvalue weighted by atomic mass is 10.2. The highest BCUT2D eigenvalue weighted by molar-refractivity contribution is 6.32. The zero-order valence-electron chi connectivity index (χ0n) is 10.8. The number of aromatic nitrogens is 2. The Morgan fingerprint density at radius 2 is 2.22 bits per heavy atom. The lowest BCUT2D eigenvalue weighted by Crippen LogP contribution is -2.07. The van der Waals surface area contributed by atoms with Crippen molar-refractivity contribution >= 4 is 17.5 Å². The topological polar surface area (TPSA) is 29.9 Å². The number of nitrogens with one attached hydrogen (secondary N) is 1. The number of aryl methyl sites for hydroxylation is 1. The molecule has 0 saturated carbocycles. The monoisotopic (exact) mass is 263 g/mol. The molecule has 0 aliphatic rings. The third kappa shape index (κ3) is 2.85. The molecule has 0 spiro atoms. The highest BCUT2D eigenvalue weighted by atomic mass is 35.5. The minimum atomic E-state index is 0.733. The minimum Gasteiger partial charge on any atom is -0.355 e. The van der Waals surface area contributed by atoms with Gasteiger partial charge in [0, 0.05) is 18.9 Å². The van der Waals surface area contributed by atoms with Gasteiger partial charge in [-0.1, -0.05) is 31.0 Å². The minimum absolute atomic E-state index is 0.733. The second-order valence-electron chi connectivity index (χ2n) is 4.36. The van der Waals surface area contributed by atoms with Gasteiger partial charge in [-0.3, -0.25) is 4.57 Å². The molecule has 0 bridgehead atoms. The van der Waals surface area contributed by atoms with Crippen molar-refractivity contribution in [1.29, 1.82) is 0 Å². The molecule has 2 aromatic rings. The van der Waals surface area contributed by atoms with E-state index in [0.29, 0.717) is 0 Å². The number of anilines is 1. The molecule has 1 heterocycles. The van der Waals surface area contributed by atoms with Crippen LogP contribution in [0.4, 0.5) is 5.95 Å². The highest BCUT2D eigenvalue weighted by Crippen LogP contribution is 2.24. The first-order chi connectivity index (χ1) is 8.72. The molecule has 0 radical (unpaired) electrons. The largest absolute Gasteiger partial charge is 0.355 e. The first-order valence-corrected chi connectivity index (χ1v) is 6.64. The van der Waals surface area contributed by atoms with Gasteiger partial charge in [-0.15, -0.1) is 0 Å². The summed E-state index contributed by atoms with van der Waals surface area (Å²) in [6.45, 7) is 5.16. The average Bonchev–Trinajstić information content (AvgIpc) is 2.81. The van der Waals surface area contributed by atoms with Crippen molar-refractivity contribution in [3.05, 3.63) is 41.2 Å². The van der Waals surface area contributed by atoms with E-state index in [0.717, 1.165) is 29.6 Å². The number of unbranched alkanes of at least 4 members (excludes halogenated alkanes) is 1. The van der Waals surface area contributed by atoms with Crippen molar-refractivity contribution < 1.29 is 0 Å². The van der Waals surface area contributed by atoms with Crippen LogP contribution in [0.25, 0.3) is 5.69 Å². The van der Waals surface area contributed by atoms with Gasteiger partial charge in [0.25, 0.3) is 0 Å². The molecule has 1 aromatic carbocycles. The summed E-state index contributed by atoms with van der Waals surface area (Å²) in [5.74, 6) is 0.843. The van der Waals surface area contributed by atoms with Gasteiger partial charge in [0.15, 0.2) is 0 Å². The van der Waals surface area contributed by atoms with E-state index in [1.54, 1.807) is 6.20 Å². The first-order valence-electron chi connectivity index (χ1n) is 6.26. The van der Waals surface area contributed by atoms with Gasteiger partial charge in [-0.05, 0) is 31.0 Å². The highest BCUT2D eigenvalue weighted by Gasteiger charge is 2.08. The molecule has 18 heavy (non-hydrogen) atoms. The second kappa shape index (κ2) is 5.91. The predicted octanol–water partition coefficient (Wildman–Crippen LogP) is 4.05. The van der Waals surface area contributed by atoms with Crippen LogP contribution in [0.1, 0.15) is 25.3 Å². The maximum absolute atomic E-state index is 6.24. The maximum atomic E-state index is 6.24. The molecule has 96 valence electrons. The fourth-order valence-electron chi connectivity index (χ4n) is 1.81. The zero-order chi connectivity index (χ0) is 13.0. The van der Waals surface area contributed by atoms with Crippen LogP contribution in [0.5, 0.6) is 0 Å². The molecule has 0 aliphatic heterocycles. The second-order valence-corrected chi connectivity index (χ2v) is 4.76. The summed E-state index contributed by atoms with van der Waals surface area (Å²) >= 11 is 6.24. The van der Waals surface area contributed by atoms with Crippen molar-refractivity contribution in [2.24, 2.45) is 0 Å². The molecule has 1 aromatic heterocycles. The van der Waals surface area contributed by atoms with Gasteiger partial charge in [-0.25, -0.2) is 4.98 Å². The Morgan fingerprint density at radius 3 is 3.00 bits per heavy atom. The Balaban J connectivity index is 2.27. The van der Waals surface area contributed by atoms with Crippen LogP contribution in [0.15, 0.2) is 30.6 Å². The molecule has 1 N–H and O–H groups in total. The van der Waals surface area contributed by atoms with Crippen molar-refractivity contribution in [1.82, 2.24) is 9.55 Å². The van der Waals surface area contributed by atoms with E-state index in [-0.39, 0.29) is 0 Å². The van der Waals surface area contributed by atoms with Crippen molar-refractivity contribution in [2.75, 3.05) is 11.9 Å². The molecule has 0 fully saturated rings. The normalized spacial score (nSPS) is 10.6. The van der Waals surface area contributed by atoms with E-state index in [1.165, 1.54) is 12.0 Å². The summed E-state index contributed by atoms with van der Waals surface area (Å²) in [5.41, 5.74) is 2.15. The summed E-state index contributed by atoms with van der Waals surface area (Å²) in [6, 6.07) is 5.99. The summed E-state index contributed by atoms with van der Waals surface area (Å²) in [7, 11) is 0. The van der Waals surface area contributed by atoms with Gasteiger partial charge in [0.1, 0.15) is 0 Å². The maximum Gasteiger partial charge on any atom is 0.207 e. The summed E-state index contributed by atoms with van der Waals surface area (Å²) in [4.78, 5) is 4.33. The van der Waals surface area contributed by atoms with Crippen LogP contribution >= 0.6 is 11.6 Å². The SMILES string of the molecule is CCCCNc1nccn1-c1cc(C)ccc1Cl. The van der Waals surface area contributed by atoms with Gasteiger partial charge >= 0.3 is 0 Å². The number of benzene rings is 1. The molecule has 0 amide bonds. The molecule has 0 saturated heterocycles. The number of hydrogen-bond donors (Lipinski definition) is 1. The van der Waals surface area contributed by atoms with Crippen molar-refractivity contribution in [2.45, 2.75) is 26.7 Å². The number of halogens is 1. The Morgan fingerprint density at radius 1 is 1.39 bits per heavy atom. The molecule has 4 heteroatoms. The van der Waals surface area contributed by atoms with E-state index in [9.17, 15) is 0 Å². The Kier molecular flexibility index (Phi) is 4.26. The lowest BCUT2D eigenvalue weighted by molar-refractivity contribution is 0.823. The van der Waals surface area contributed by atoms with Crippen molar-refractivity contribution in [3.63, 3.8) is 0 Å². The summed E-state index contributed by atoms with van der Waals surface area (Å²) < 4.78 is 1.99. The van der Waals surface area contributed by atoms with E-state index >= 15 is 0 Å². The first kappa shape index (κ1) is 13.0. The van der Waals surface area contributed by atoms with E-state index < -0.39 is 0 Å². The van der Waals surface area contributed by atoms with Gasteiger partial charge in [0.2, 0.25) is 5.95 Å². The summed E-state index contributed by atoms with van der Waals surface area (Å²) in [5, 5.41) is 4.07. The standard InChI is InChI=1S/C14H18ClN3/c1-3-4-7-16-14-17-8-9-18(14)13-10-11(2)5-6-12(13)15/h5-6,8-10H,3-4,7H2,1-2H3,(H,16,17). The predicted molar refractivity (Wildman–Crippen MR) is 76.7 cm³/mol. The van der Waals surface area contributed by atoms with Gasteiger partial charge in [0.05, 0.1) is 10.7 Å². The molecule has 0 aliphatic carbocycles. The van der Waals surface area contributed by atoms with Crippen LogP contribution in [0, 0.1) is 6.92 Å². The van der Waals surface area contributed by atoms with Crippen LogP contribution < -0.4 is 5.32 Å². The molecule has 0 unspecified atom stereocenters. The smallest absolute Gasteiger partial charge is 0.207 e. The average molecular weight is 264 g/mol. The fourth-order valence-corrected chi connectivity index (χ4v) is 2.02. The van der Waals surface area contributed by atoms with Gasteiger partial charge in [-0.2, -0.15) is 0 Å². The Hall–Kier alpha value is -1.48. The van der Waals surface area contributed by atoms with Crippen LogP contribution in [0.2, 0.25) is 5.02 Å². The Bertz CT molecular complexity index is 520. The number of hydrogen-bond acceptors (Lipinski definition) is 2. The van der Waals surface area contributed by atoms with Crippen LogP contribution in [-0.4, -0.2) is 16.1 Å². The number of nitrogens with zero attached hydrogens (tertiary/aromatic N) is 2. The van der Waals surface area contributed by atoms with E-state index in [4.69, 9.17) is 11.6 Å². The van der Waals surface area contributed by atoms with E-state index in [1.807, 2.05) is 22.9 Å². The fraction of sp³-hybridized carbons (Fsp3) is 0.357.